The fraction of sp³-hybridized carbons (Fsp3) is 0.818. The van der Waals surface area contributed by atoms with Crippen LogP contribution in [-0.2, 0) is 4.74 Å². The lowest BCUT2D eigenvalue weighted by atomic mass is 9.84. The first-order valence-electron chi connectivity index (χ1n) is 5.05. The van der Waals surface area contributed by atoms with Gasteiger partial charge in [-0.25, -0.2) is 0 Å². The largest absolute Gasteiger partial charge is 0.496 e. The van der Waals surface area contributed by atoms with E-state index >= 15 is 0 Å². The Morgan fingerprint density at radius 3 is 2.62 bits per heavy atom. The molecule has 0 aromatic rings. The summed E-state index contributed by atoms with van der Waals surface area (Å²) in [6.45, 7) is 8.73. The van der Waals surface area contributed by atoms with E-state index in [1.807, 2.05) is 6.26 Å². The molecule has 2 unspecified atom stereocenters. The SMILES string of the molecule is CCC(N)C1CC(C(C)(C)C)=CO1. The second-order valence-electron chi connectivity index (χ2n) is 4.84. The minimum absolute atomic E-state index is 0.177. The second kappa shape index (κ2) is 3.70. The van der Waals surface area contributed by atoms with Crippen molar-refractivity contribution in [2.24, 2.45) is 11.1 Å². The van der Waals surface area contributed by atoms with Gasteiger partial charge in [0.2, 0.25) is 0 Å². The summed E-state index contributed by atoms with van der Waals surface area (Å²) in [5.74, 6) is 0. The van der Waals surface area contributed by atoms with Crippen molar-refractivity contribution in [3.05, 3.63) is 11.8 Å². The van der Waals surface area contributed by atoms with Crippen LogP contribution in [0, 0.1) is 5.41 Å². The smallest absolute Gasteiger partial charge is 0.117 e. The van der Waals surface area contributed by atoms with Crippen LogP contribution in [0.3, 0.4) is 0 Å². The number of ether oxygens (including phenoxy) is 1. The van der Waals surface area contributed by atoms with Crippen LogP contribution in [0.5, 0.6) is 0 Å². The molecule has 1 rings (SSSR count). The van der Waals surface area contributed by atoms with E-state index in [0.717, 1.165) is 12.8 Å². The third-order valence-electron chi connectivity index (χ3n) is 2.72. The Morgan fingerprint density at radius 1 is 1.62 bits per heavy atom. The van der Waals surface area contributed by atoms with Crippen LogP contribution in [0.2, 0.25) is 0 Å². The molecule has 0 bridgehead atoms. The van der Waals surface area contributed by atoms with Gasteiger partial charge in [0.1, 0.15) is 6.10 Å². The molecule has 0 saturated heterocycles. The summed E-state index contributed by atoms with van der Waals surface area (Å²) >= 11 is 0. The van der Waals surface area contributed by atoms with E-state index in [-0.39, 0.29) is 17.6 Å². The van der Waals surface area contributed by atoms with Crippen LogP contribution in [0.1, 0.15) is 40.5 Å². The molecule has 0 aromatic heterocycles. The van der Waals surface area contributed by atoms with Gasteiger partial charge in [0.15, 0.2) is 0 Å². The van der Waals surface area contributed by atoms with Gasteiger partial charge in [-0.1, -0.05) is 27.7 Å². The fourth-order valence-electron chi connectivity index (χ4n) is 1.48. The topological polar surface area (TPSA) is 35.2 Å². The molecule has 13 heavy (non-hydrogen) atoms. The molecule has 1 aliphatic rings. The average molecular weight is 183 g/mol. The molecule has 0 radical (unpaired) electrons. The van der Waals surface area contributed by atoms with Gasteiger partial charge in [-0.05, 0) is 17.4 Å². The van der Waals surface area contributed by atoms with E-state index in [2.05, 4.69) is 27.7 Å². The number of nitrogens with two attached hydrogens (primary N) is 1. The fourth-order valence-corrected chi connectivity index (χ4v) is 1.48. The monoisotopic (exact) mass is 183 g/mol. The van der Waals surface area contributed by atoms with Gasteiger partial charge in [-0.15, -0.1) is 0 Å². The molecule has 1 aliphatic heterocycles. The Morgan fingerprint density at radius 2 is 2.23 bits per heavy atom. The standard InChI is InChI=1S/C11H21NO/c1-5-9(12)10-6-8(7-13-10)11(2,3)4/h7,9-10H,5-6,12H2,1-4H3. The first-order chi connectivity index (χ1) is 5.95. The maximum Gasteiger partial charge on any atom is 0.117 e. The van der Waals surface area contributed by atoms with Gasteiger partial charge in [0.05, 0.1) is 6.26 Å². The minimum Gasteiger partial charge on any atom is -0.496 e. The maximum atomic E-state index is 5.93. The summed E-state index contributed by atoms with van der Waals surface area (Å²) in [6, 6.07) is 0.177. The van der Waals surface area contributed by atoms with Crippen molar-refractivity contribution in [1.82, 2.24) is 0 Å². The van der Waals surface area contributed by atoms with Gasteiger partial charge < -0.3 is 10.5 Å². The van der Waals surface area contributed by atoms with Gasteiger partial charge >= 0.3 is 0 Å². The molecule has 2 atom stereocenters. The van der Waals surface area contributed by atoms with Crippen LogP contribution >= 0.6 is 0 Å². The molecule has 76 valence electrons. The molecular formula is C11H21NO. The van der Waals surface area contributed by atoms with Crippen LogP contribution < -0.4 is 5.73 Å². The lowest BCUT2D eigenvalue weighted by Crippen LogP contribution is -2.33. The first-order valence-corrected chi connectivity index (χ1v) is 5.05. The van der Waals surface area contributed by atoms with Crippen molar-refractivity contribution >= 4 is 0 Å². The Bertz CT molecular complexity index is 203. The van der Waals surface area contributed by atoms with Crippen molar-refractivity contribution < 1.29 is 4.74 Å². The highest BCUT2D eigenvalue weighted by Gasteiger charge is 2.29. The molecular weight excluding hydrogens is 162 g/mol. The molecule has 2 N–H and O–H groups in total. The van der Waals surface area contributed by atoms with Gasteiger partial charge in [-0.2, -0.15) is 0 Å². The van der Waals surface area contributed by atoms with Gasteiger partial charge in [0.25, 0.3) is 0 Å². The summed E-state index contributed by atoms with van der Waals surface area (Å²) in [6.07, 6.45) is 4.09. The Kier molecular flexibility index (Phi) is 3.01. The first kappa shape index (κ1) is 10.6. The zero-order chi connectivity index (χ0) is 10.1. The number of hydrogen-bond acceptors (Lipinski definition) is 2. The van der Waals surface area contributed by atoms with Crippen LogP contribution in [-0.4, -0.2) is 12.1 Å². The predicted molar refractivity (Wildman–Crippen MR) is 55.3 cm³/mol. The molecule has 0 aromatic carbocycles. The maximum absolute atomic E-state index is 5.93. The van der Waals surface area contributed by atoms with Crippen molar-refractivity contribution in [3.63, 3.8) is 0 Å². The normalized spacial score (nSPS) is 25.3. The highest BCUT2D eigenvalue weighted by atomic mass is 16.5. The molecule has 2 heteroatoms. The Balaban J connectivity index is 2.52. The second-order valence-corrected chi connectivity index (χ2v) is 4.84. The molecule has 0 spiro atoms. The van der Waals surface area contributed by atoms with E-state index in [1.165, 1.54) is 5.57 Å². The zero-order valence-corrected chi connectivity index (χ0v) is 9.13. The molecule has 1 heterocycles. The summed E-state index contributed by atoms with van der Waals surface area (Å²) in [5.41, 5.74) is 7.53. The van der Waals surface area contributed by atoms with E-state index in [4.69, 9.17) is 10.5 Å². The number of rotatable bonds is 2. The quantitative estimate of drug-likeness (QED) is 0.713. The van der Waals surface area contributed by atoms with Crippen molar-refractivity contribution in [3.8, 4) is 0 Å². The molecule has 0 saturated carbocycles. The highest BCUT2D eigenvalue weighted by Crippen LogP contribution is 2.34. The van der Waals surface area contributed by atoms with Crippen molar-refractivity contribution in [2.75, 3.05) is 0 Å². The van der Waals surface area contributed by atoms with E-state index < -0.39 is 0 Å². The number of hydrogen-bond donors (Lipinski definition) is 1. The van der Waals surface area contributed by atoms with Gasteiger partial charge in [0, 0.05) is 12.5 Å². The summed E-state index contributed by atoms with van der Waals surface area (Å²) in [5, 5.41) is 0. The molecule has 0 aliphatic carbocycles. The summed E-state index contributed by atoms with van der Waals surface area (Å²) in [4.78, 5) is 0. The van der Waals surface area contributed by atoms with Crippen LogP contribution in [0.4, 0.5) is 0 Å². The zero-order valence-electron chi connectivity index (χ0n) is 9.13. The third kappa shape index (κ3) is 2.47. The average Bonchev–Trinajstić information content (AvgIpc) is 2.50. The third-order valence-corrected chi connectivity index (χ3v) is 2.72. The minimum atomic E-state index is 0.177. The van der Waals surface area contributed by atoms with Crippen molar-refractivity contribution in [1.29, 1.82) is 0 Å². The van der Waals surface area contributed by atoms with E-state index in [1.54, 1.807) is 0 Å². The van der Waals surface area contributed by atoms with Gasteiger partial charge in [-0.3, -0.25) is 0 Å². The lowest BCUT2D eigenvalue weighted by molar-refractivity contribution is 0.140. The Hall–Kier alpha value is -0.500. The van der Waals surface area contributed by atoms with E-state index in [0.29, 0.717) is 0 Å². The molecule has 0 fully saturated rings. The van der Waals surface area contributed by atoms with Crippen LogP contribution in [0.25, 0.3) is 0 Å². The Labute approximate surface area is 81.1 Å². The van der Waals surface area contributed by atoms with E-state index in [9.17, 15) is 0 Å². The van der Waals surface area contributed by atoms with Crippen molar-refractivity contribution in [2.45, 2.75) is 52.7 Å². The predicted octanol–water partition coefficient (Wildman–Crippen LogP) is 2.44. The summed E-state index contributed by atoms with van der Waals surface area (Å²) < 4.78 is 5.56. The molecule has 0 amide bonds. The highest BCUT2D eigenvalue weighted by molar-refractivity contribution is 5.14. The summed E-state index contributed by atoms with van der Waals surface area (Å²) in [7, 11) is 0. The lowest BCUT2D eigenvalue weighted by Gasteiger charge is -2.21. The van der Waals surface area contributed by atoms with Crippen LogP contribution in [0.15, 0.2) is 11.8 Å². The molecule has 2 nitrogen and oxygen atoms in total.